The molecule has 0 spiro atoms. The zero-order chi connectivity index (χ0) is 24.3. The van der Waals surface area contributed by atoms with Gasteiger partial charge in [-0.25, -0.2) is 9.69 Å². The van der Waals surface area contributed by atoms with Gasteiger partial charge in [0.25, 0.3) is 0 Å². The molecule has 2 aliphatic heterocycles. The molecule has 0 bridgehead atoms. The normalized spacial score (nSPS) is 24.1. The third-order valence-corrected chi connectivity index (χ3v) is 6.71. The summed E-state index contributed by atoms with van der Waals surface area (Å²) in [5.41, 5.74) is 1.57. The summed E-state index contributed by atoms with van der Waals surface area (Å²) in [7, 11) is 0. The minimum atomic E-state index is -4.33. The van der Waals surface area contributed by atoms with Gasteiger partial charge in [-0.05, 0) is 47.9 Å². The minimum Gasteiger partial charge on any atom is -0.446 e. The Morgan fingerprint density at radius 3 is 2.50 bits per heavy atom. The third-order valence-electron chi connectivity index (χ3n) is 6.45. The lowest BCUT2D eigenvalue weighted by Gasteiger charge is -2.35. The maximum atomic E-state index is 13.4. The Bertz CT molecular complexity index is 999. The van der Waals surface area contributed by atoms with Crippen molar-refractivity contribution in [3.05, 3.63) is 70.7 Å². The second-order valence-electron chi connectivity index (χ2n) is 8.73. The summed E-state index contributed by atoms with van der Waals surface area (Å²) in [6, 6.07) is 15.5. The van der Waals surface area contributed by atoms with Crippen molar-refractivity contribution in [3.63, 3.8) is 0 Å². The van der Waals surface area contributed by atoms with Crippen LogP contribution in [0.2, 0.25) is 5.02 Å². The standard InChI is InChI=1S/C25H25ClF3NO4/c26-19-8-6-16(7-9-19)21(18-10-11-33-20(12-18)14-25(27,28)29)13-23(31)30-22(15-34-24(30)32)17-4-2-1-3-5-17/h1-9,18,20-22H,10-15H2/t18-,20+,21-,22-/m0/s1. The van der Waals surface area contributed by atoms with Crippen LogP contribution in [0.1, 0.15) is 48.8 Å². The number of ether oxygens (including phenoxy) is 2. The smallest absolute Gasteiger partial charge is 0.417 e. The number of hydrogen-bond acceptors (Lipinski definition) is 4. The van der Waals surface area contributed by atoms with E-state index in [2.05, 4.69) is 0 Å². The number of amides is 2. The monoisotopic (exact) mass is 495 g/mol. The van der Waals surface area contributed by atoms with Gasteiger partial charge < -0.3 is 9.47 Å². The Hall–Kier alpha value is -2.58. The highest BCUT2D eigenvalue weighted by molar-refractivity contribution is 6.30. The molecule has 9 heteroatoms. The maximum absolute atomic E-state index is 13.4. The van der Waals surface area contributed by atoms with Gasteiger partial charge in [0.2, 0.25) is 5.91 Å². The SMILES string of the molecule is O=C(C[C@@H](c1ccc(Cl)cc1)[C@H]1CCO[C@@H](CC(F)(F)F)C1)N1C(=O)OC[C@H]1c1ccccc1. The van der Waals surface area contributed by atoms with Crippen LogP contribution >= 0.6 is 11.6 Å². The van der Waals surface area contributed by atoms with Crippen molar-refractivity contribution in [2.75, 3.05) is 13.2 Å². The summed E-state index contributed by atoms with van der Waals surface area (Å²) in [5.74, 6) is -1.04. The molecule has 0 aromatic heterocycles. The Kier molecular flexibility index (Phi) is 7.48. The number of halogens is 4. The highest BCUT2D eigenvalue weighted by atomic mass is 35.5. The van der Waals surface area contributed by atoms with Crippen LogP contribution < -0.4 is 0 Å². The Balaban J connectivity index is 1.57. The second-order valence-corrected chi connectivity index (χ2v) is 9.16. The van der Waals surface area contributed by atoms with Crippen molar-refractivity contribution in [1.82, 2.24) is 4.90 Å². The number of benzene rings is 2. The average Bonchev–Trinajstić information content (AvgIpc) is 3.19. The van der Waals surface area contributed by atoms with E-state index in [-0.39, 0.29) is 32.0 Å². The molecule has 2 saturated heterocycles. The molecule has 5 nitrogen and oxygen atoms in total. The largest absolute Gasteiger partial charge is 0.446 e. The van der Waals surface area contributed by atoms with Crippen molar-refractivity contribution in [2.45, 2.75) is 49.9 Å². The molecular formula is C25H25ClF3NO4. The molecule has 2 aromatic rings. The second kappa shape index (κ2) is 10.4. The summed E-state index contributed by atoms with van der Waals surface area (Å²) in [6.45, 7) is 0.243. The van der Waals surface area contributed by atoms with Crippen LogP contribution in [0, 0.1) is 5.92 Å². The fourth-order valence-corrected chi connectivity index (χ4v) is 4.97. The zero-order valence-corrected chi connectivity index (χ0v) is 19.1. The summed E-state index contributed by atoms with van der Waals surface area (Å²) < 4.78 is 49.5. The average molecular weight is 496 g/mol. The van der Waals surface area contributed by atoms with Gasteiger partial charge in [-0.3, -0.25) is 4.79 Å². The highest BCUT2D eigenvalue weighted by Gasteiger charge is 2.42. The number of alkyl halides is 3. The lowest BCUT2D eigenvalue weighted by Crippen LogP contribution is -2.37. The molecule has 2 heterocycles. The van der Waals surface area contributed by atoms with Crippen LogP contribution in [0.4, 0.5) is 18.0 Å². The summed E-state index contributed by atoms with van der Waals surface area (Å²) in [4.78, 5) is 27.0. The van der Waals surface area contributed by atoms with Crippen LogP contribution in [0.5, 0.6) is 0 Å². The molecule has 182 valence electrons. The number of nitrogens with zero attached hydrogens (tertiary/aromatic N) is 1. The first-order valence-electron chi connectivity index (χ1n) is 11.2. The van der Waals surface area contributed by atoms with E-state index >= 15 is 0 Å². The maximum Gasteiger partial charge on any atom is 0.417 e. The summed E-state index contributed by atoms with van der Waals surface area (Å²) >= 11 is 6.03. The molecule has 0 radical (unpaired) electrons. The van der Waals surface area contributed by atoms with Crippen LogP contribution in [0.25, 0.3) is 0 Å². The molecule has 2 amide bonds. The van der Waals surface area contributed by atoms with E-state index in [1.165, 1.54) is 0 Å². The first kappa shape index (κ1) is 24.5. The van der Waals surface area contributed by atoms with Crippen molar-refractivity contribution in [1.29, 1.82) is 0 Å². The lowest BCUT2D eigenvalue weighted by atomic mass is 9.77. The molecule has 34 heavy (non-hydrogen) atoms. The number of cyclic esters (lactones) is 1. The molecule has 0 saturated carbocycles. The van der Waals surface area contributed by atoms with Gasteiger partial charge in [0.05, 0.1) is 12.5 Å². The molecule has 4 atom stereocenters. The molecule has 0 unspecified atom stereocenters. The summed E-state index contributed by atoms with van der Waals surface area (Å²) in [6.07, 6.45) is -6.38. The molecule has 0 aliphatic carbocycles. The van der Waals surface area contributed by atoms with Gasteiger partial charge in [-0.1, -0.05) is 54.1 Å². The number of rotatable bonds is 6. The Labute approximate surface area is 200 Å². The highest BCUT2D eigenvalue weighted by Crippen LogP contribution is 2.41. The third kappa shape index (κ3) is 5.91. The van der Waals surface area contributed by atoms with E-state index in [0.717, 1.165) is 16.0 Å². The number of hydrogen-bond donors (Lipinski definition) is 0. The first-order valence-corrected chi connectivity index (χ1v) is 11.6. The Morgan fingerprint density at radius 1 is 1.12 bits per heavy atom. The molecule has 4 rings (SSSR count). The van der Waals surface area contributed by atoms with E-state index < -0.39 is 42.7 Å². The van der Waals surface area contributed by atoms with Gasteiger partial charge >= 0.3 is 12.3 Å². The van der Waals surface area contributed by atoms with Gasteiger partial charge in [-0.15, -0.1) is 0 Å². The van der Waals surface area contributed by atoms with E-state index in [4.69, 9.17) is 21.1 Å². The molecule has 2 fully saturated rings. The van der Waals surface area contributed by atoms with Crippen LogP contribution in [0.15, 0.2) is 54.6 Å². The van der Waals surface area contributed by atoms with Crippen LogP contribution in [-0.2, 0) is 14.3 Å². The lowest BCUT2D eigenvalue weighted by molar-refractivity contribution is -0.169. The topological polar surface area (TPSA) is 55.8 Å². The molecular weight excluding hydrogens is 471 g/mol. The zero-order valence-electron chi connectivity index (χ0n) is 18.3. The minimum absolute atomic E-state index is 0.0382. The van der Waals surface area contributed by atoms with Crippen molar-refractivity contribution in [3.8, 4) is 0 Å². The van der Waals surface area contributed by atoms with E-state index in [9.17, 15) is 22.8 Å². The van der Waals surface area contributed by atoms with Crippen LogP contribution in [-0.4, -0.2) is 42.4 Å². The molecule has 0 N–H and O–H groups in total. The van der Waals surface area contributed by atoms with Crippen molar-refractivity contribution in [2.24, 2.45) is 5.92 Å². The van der Waals surface area contributed by atoms with E-state index in [1.54, 1.807) is 24.3 Å². The van der Waals surface area contributed by atoms with E-state index in [0.29, 0.717) is 11.4 Å². The number of carbonyl (C=O) groups is 2. The Morgan fingerprint density at radius 2 is 1.82 bits per heavy atom. The van der Waals surface area contributed by atoms with Gasteiger partial charge in [0.15, 0.2) is 0 Å². The molecule has 2 aliphatic rings. The van der Waals surface area contributed by atoms with Gasteiger partial charge in [0.1, 0.15) is 12.6 Å². The number of imide groups is 1. The predicted molar refractivity (Wildman–Crippen MR) is 119 cm³/mol. The fraction of sp³-hybridized carbons (Fsp3) is 0.440. The predicted octanol–water partition coefficient (Wildman–Crippen LogP) is 6.28. The number of carbonyl (C=O) groups excluding carboxylic acids is 2. The van der Waals surface area contributed by atoms with Crippen molar-refractivity contribution >= 4 is 23.6 Å². The van der Waals surface area contributed by atoms with E-state index in [1.807, 2.05) is 30.3 Å². The summed E-state index contributed by atoms with van der Waals surface area (Å²) in [5, 5.41) is 0.517. The quantitative estimate of drug-likeness (QED) is 0.473. The van der Waals surface area contributed by atoms with Gasteiger partial charge in [0, 0.05) is 18.1 Å². The van der Waals surface area contributed by atoms with Crippen LogP contribution in [0.3, 0.4) is 0 Å². The van der Waals surface area contributed by atoms with Gasteiger partial charge in [-0.2, -0.15) is 13.2 Å². The first-order chi connectivity index (χ1) is 16.2. The van der Waals surface area contributed by atoms with Crippen molar-refractivity contribution < 1.29 is 32.2 Å². The molecule has 2 aromatic carbocycles. The fourth-order valence-electron chi connectivity index (χ4n) is 4.85.